The number of nitrogens with zero attached hydrogens (tertiary/aromatic N) is 4. The minimum absolute atomic E-state index is 0. The summed E-state index contributed by atoms with van der Waals surface area (Å²) >= 11 is 0. The Kier molecular flexibility index (Phi) is 8.70. The molecule has 3 aromatic carbocycles. The van der Waals surface area contributed by atoms with E-state index < -0.39 is 11.4 Å². The van der Waals surface area contributed by atoms with Gasteiger partial charge >= 0.3 is 5.97 Å². The molecule has 12 heteroatoms. The molecule has 0 atom stereocenters. The summed E-state index contributed by atoms with van der Waals surface area (Å²) in [6.07, 6.45) is 3.86. The third-order valence-corrected chi connectivity index (χ3v) is 7.26. The van der Waals surface area contributed by atoms with Gasteiger partial charge in [-0.3, -0.25) is 4.79 Å². The highest BCUT2D eigenvalue weighted by atomic mass is 35.5. The first-order valence-corrected chi connectivity index (χ1v) is 12.7. The second-order valence-electron chi connectivity index (χ2n) is 9.82. The number of anilines is 3. The zero-order chi connectivity index (χ0) is 28.0. The molecule has 6 rings (SSSR count). The van der Waals surface area contributed by atoms with E-state index in [1.54, 1.807) is 29.0 Å². The minimum atomic E-state index is -1.29. The van der Waals surface area contributed by atoms with Crippen LogP contribution in [0.15, 0.2) is 77.9 Å². The first kappa shape index (κ1) is 30.3. The van der Waals surface area contributed by atoms with E-state index in [-0.39, 0.29) is 48.7 Å². The molecule has 216 valence electrons. The smallest absolute Gasteiger partial charge is 0.341 e. The van der Waals surface area contributed by atoms with Crippen LogP contribution in [-0.4, -0.2) is 32.2 Å². The number of halogens is 3. The van der Waals surface area contributed by atoms with Crippen LogP contribution in [0.25, 0.3) is 22.0 Å². The van der Waals surface area contributed by atoms with Crippen molar-refractivity contribution in [3.05, 3.63) is 111 Å². The molecule has 1 aliphatic rings. The maximum atomic E-state index is 13.5. The highest BCUT2D eigenvalue weighted by molar-refractivity contribution is 5.94. The average molecular weight is 609 g/mol. The third kappa shape index (κ3) is 5.72. The fraction of sp³-hybridized carbons (Fsp3) is 0.133. The molecule has 42 heavy (non-hydrogen) atoms. The number of benzene rings is 3. The number of hydrogen-bond donors (Lipinski definition) is 3. The number of hydrogen-bond acceptors (Lipinski definition) is 7. The van der Waals surface area contributed by atoms with Gasteiger partial charge in [0.1, 0.15) is 17.2 Å². The lowest BCUT2D eigenvalue weighted by atomic mass is 9.99. The molecule has 9 nitrogen and oxygen atoms in total. The van der Waals surface area contributed by atoms with Crippen LogP contribution in [0.4, 0.5) is 21.8 Å². The molecule has 0 saturated heterocycles. The van der Waals surface area contributed by atoms with Gasteiger partial charge in [-0.25, -0.2) is 14.2 Å². The maximum absolute atomic E-state index is 13.5. The monoisotopic (exact) mass is 608 g/mol. The maximum Gasteiger partial charge on any atom is 0.341 e. The van der Waals surface area contributed by atoms with Crippen molar-refractivity contribution < 1.29 is 14.3 Å². The zero-order valence-electron chi connectivity index (χ0n) is 22.2. The van der Waals surface area contributed by atoms with Crippen molar-refractivity contribution in [2.24, 2.45) is 0 Å². The molecule has 0 spiro atoms. The molecule has 0 bridgehead atoms. The quantitative estimate of drug-likeness (QED) is 0.247. The summed E-state index contributed by atoms with van der Waals surface area (Å²) in [5.41, 5.74) is 17.1. The van der Waals surface area contributed by atoms with E-state index in [9.17, 15) is 19.1 Å². The lowest BCUT2D eigenvalue weighted by molar-refractivity contribution is 0.0695. The topological polar surface area (TPSA) is 140 Å². The molecule has 0 unspecified atom stereocenters. The fourth-order valence-corrected chi connectivity index (χ4v) is 5.22. The van der Waals surface area contributed by atoms with Gasteiger partial charge in [0.05, 0.1) is 5.52 Å². The molecule has 1 aliphatic heterocycles. The van der Waals surface area contributed by atoms with Gasteiger partial charge in [0, 0.05) is 48.7 Å². The van der Waals surface area contributed by atoms with Crippen LogP contribution in [0.3, 0.4) is 0 Å². The van der Waals surface area contributed by atoms with E-state index in [1.807, 2.05) is 18.2 Å². The first-order chi connectivity index (χ1) is 19.3. The van der Waals surface area contributed by atoms with Crippen molar-refractivity contribution in [2.45, 2.75) is 19.5 Å². The van der Waals surface area contributed by atoms with E-state index >= 15 is 0 Å². The number of carboxylic acid groups (broad SMARTS) is 1. The van der Waals surface area contributed by atoms with Crippen LogP contribution in [0, 0.1) is 5.82 Å². The third-order valence-electron chi connectivity index (χ3n) is 7.26. The zero-order valence-corrected chi connectivity index (χ0v) is 23.8. The summed E-state index contributed by atoms with van der Waals surface area (Å²) in [4.78, 5) is 35.1. The Balaban J connectivity index is 0.00000202. The molecule has 0 amide bonds. The first-order valence-electron chi connectivity index (χ1n) is 12.7. The van der Waals surface area contributed by atoms with Crippen LogP contribution < -0.4 is 21.8 Å². The number of aromatic nitrogens is 3. The second kappa shape index (κ2) is 12.1. The van der Waals surface area contributed by atoms with Crippen molar-refractivity contribution in [1.82, 2.24) is 14.5 Å². The number of nitrogen functional groups attached to an aromatic ring is 2. The van der Waals surface area contributed by atoms with Crippen LogP contribution in [0.2, 0.25) is 0 Å². The Morgan fingerprint density at radius 2 is 1.69 bits per heavy atom. The SMILES string of the molecule is Cl.Cl.Nc1ncc(CN2CCc3cc(-c4ccc5c(=O)c(C(=O)O)cn(Cc6ccc(F)cc6)c5c4)ccc32)c(N)n1. The van der Waals surface area contributed by atoms with Gasteiger partial charge in [0.15, 0.2) is 0 Å². The van der Waals surface area contributed by atoms with Crippen molar-refractivity contribution >= 4 is 59.1 Å². The average Bonchev–Trinajstić information content (AvgIpc) is 3.34. The van der Waals surface area contributed by atoms with E-state index in [0.29, 0.717) is 23.3 Å². The van der Waals surface area contributed by atoms with Crippen LogP contribution >= 0.6 is 24.8 Å². The molecule has 3 heterocycles. The fourth-order valence-electron chi connectivity index (χ4n) is 5.22. The van der Waals surface area contributed by atoms with E-state index in [0.717, 1.165) is 40.9 Å². The lowest BCUT2D eigenvalue weighted by Crippen LogP contribution is -2.21. The van der Waals surface area contributed by atoms with Gasteiger partial charge < -0.3 is 26.0 Å². The molecule has 0 radical (unpaired) electrons. The molecular weight excluding hydrogens is 582 g/mol. The number of fused-ring (bicyclic) bond motifs is 2. The van der Waals surface area contributed by atoms with Crippen molar-refractivity contribution in [3.63, 3.8) is 0 Å². The summed E-state index contributed by atoms with van der Waals surface area (Å²) in [6.45, 7) is 1.66. The van der Waals surface area contributed by atoms with Gasteiger partial charge in [0.25, 0.3) is 0 Å². The predicted molar refractivity (Wildman–Crippen MR) is 166 cm³/mol. The Morgan fingerprint density at radius 1 is 0.976 bits per heavy atom. The highest BCUT2D eigenvalue weighted by Gasteiger charge is 2.22. The normalized spacial score (nSPS) is 12.0. The van der Waals surface area contributed by atoms with Crippen LogP contribution in [-0.2, 0) is 19.5 Å². The molecule has 5 N–H and O–H groups in total. The Bertz CT molecular complexity index is 1860. The summed E-state index contributed by atoms with van der Waals surface area (Å²) in [5, 5.41) is 9.94. The lowest BCUT2D eigenvalue weighted by Gasteiger charge is -2.20. The predicted octanol–water partition coefficient (Wildman–Crippen LogP) is 4.91. The Labute approximate surface area is 252 Å². The Morgan fingerprint density at radius 3 is 2.40 bits per heavy atom. The summed E-state index contributed by atoms with van der Waals surface area (Å²) < 4.78 is 15.2. The molecule has 5 aromatic rings. The number of pyridine rings is 1. The number of carbonyl (C=O) groups is 1. The van der Waals surface area contributed by atoms with Gasteiger partial charge in [-0.05, 0) is 65.1 Å². The van der Waals surface area contributed by atoms with Crippen molar-refractivity contribution in [1.29, 1.82) is 0 Å². The van der Waals surface area contributed by atoms with Crippen molar-refractivity contribution in [2.75, 3.05) is 22.9 Å². The largest absolute Gasteiger partial charge is 0.477 e. The van der Waals surface area contributed by atoms with E-state index in [1.165, 1.54) is 23.9 Å². The molecule has 0 aliphatic carbocycles. The number of nitrogens with two attached hydrogens (primary N) is 2. The van der Waals surface area contributed by atoms with Gasteiger partial charge in [-0.2, -0.15) is 4.98 Å². The van der Waals surface area contributed by atoms with Gasteiger partial charge in [-0.1, -0.05) is 24.3 Å². The summed E-state index contributed by atoms with van der Waals surface area (Å²) in [5.74, 6) is -1.14. The number of rotatable bonds is 6. The second-order valence-corrected chi connectivity index (χ2v) is 9.82. The minimum Gasteiger partial charge on any atom is -0.477 e. The van der Waals surface area contributed by atoms with E-state index in [4.69, 9.17) is 11.5 Å². The standard InChI is InChI=1S/C30H25FN6O3.2ClH/c31-22-5-1-17(2-6-22)14-37-16-24(29(39)40)27(38)23-7-3-19(12-26(23)37)18-4-8-25-20(11-18)9-10-36(25)15-21-13-34-30(33)35-28(21)32;;/h1-8,11-13,16H,9-10,14-15H2,(H,39,40)(H4,32,33,34,35);2*1H. The number of aromatic carboxylic acids is 1. The molecule has 0 fully saturated rings. The summed E-state index contributed by atoms with van der Waals surface area (Å²) in [6, 6.07) is 17.6. The molecular formula is C30H27Cl2FN6O3. The number of carboxylic acids is 1. The van der Waals surface area contributed by atoms with Gasteiger partial charge in [-0.15, -0.1) is 24.8 Å². The van der Waals surface area contributed by atoms with Crippen LogP contribution in [0.1, 0.15) is 27.0 Å². The molecule has 2 aromatic heterocycles. The summed E-state index contributed by atoms with van der Waals surface area (Å²) in [7, 11) is 0. The van der Waals surface area contributed by atoms with E-state index in [2.05, 4.69) is 27.0 Å². The molecule has 0 saturated carbocycles. The van der Waals surface area contributed by atoms with Crippen molar-refractivity contribution in [3.8, 4) is 11.1 Å². The van der Waals surface area contributed by atoms with Gasteiger partial charge in [0.2, 0.25) is 11.4 Å². The highest BCUT2D eigenvalue weighted by Crippen LogP contribution is 2.34. The Hall–Kier alpha value is -4.67. The van der Waals surface area contributed by atoms with Crippen LogP contribution in [0.5, 0.6) is 0 Å².